The van der Waals surface area contributed by atoms with Crippen LogP contribution in [-0.2, 0) is 23.5 Å². The number of aliphatic hydroxyl groups is 1. The van der Waals surface area contributed by atoms with E-state index in [4.69, 9.17) is 5.11 Å². The molecule has 0 fully saturated rings. The summed E-state index contributed by atoms with van der Waals surface area (Å²) < 4.78 is 42.3. The fourth-order valence-corrected chi connectivity index (χ4v) is 3.82. The van der Waals surface area contributed by atoms with Gasteiger partial charge in [-0.25, -0.2) is 12.8 Å². The van der Waals surface area contributed by atoms with Gasteiger partial charge in [-0.3, -0.25) is 9.52 Å². The minimum absolute atomic E-state index is 0.0158. The van der Waals surface area contributed by atoms with Gasteiger partial charge in [0.15, 0.2) is 11.6 Å². The summed E-state index contributed by atoms with van der Waals surface area (Å²) in [5, 5.41) is 8.77. The van der Waals surface area contributed by atoms with Crippen LogP contribution in [0.1, 0.15) is 27.2 Å². The zero-order valence-corrected chi connectivity index (χ0v) is 16.6. The minimum atomic E-state index is -3.60. The third-order valence-corrected chi connectivity index (χ3v) is 5.74. The highest BCUT2D eigenvalue weighted by molar-refractivity contribution is 7.92. The lowest BCUT2D eigenvalue weighted by atomic mass is 10.0. The number of aryl methyl sites for hydroxylation is 1. The molecule has 0 saturated heterocycles. The van der Waals surface area contributed by atoms with Gasteiger partial charge in [0.1, 0.15) is 0 Å². The van der Waals surface area contributed by atoms with Gasteiger partial charge in [-0.2, -0.15) is 0 Å². The van der Waals surface area contributed by atoms with E-state index in [1.165, 1.54) is 6.20 Å². The fraction of sp³-hybridized carbons (Fsp3) is 0.190. The number of benzene rings is 2. The summed E-state index contributed by atoms with van der Waals surface area (Å²) in [5.74, 6) is -1.32. The van der Waals surface area contributed by atoms with Gasteiger partial charge >= 0.3 is 0 Å². The highest BCUT2D eigenvalue weighted by Crippen LogP contribution is 2.22. The lowest BCUT2D eigenvalue weighted by molar-refractivity contribution is 0.103. The third-order valence-electron chi connectivity index (χ3n) is 4.48. The van der Waals surface area contributed by atoms with Crippen LogP contribution < -0.4 is 4.72 Å². The lowest BCUT2D eigenvalue weighted by Crippen LogP contribution is -2.18. The van der Waals surface area contributed by atoms with Crippen molar-refractivity contribution < 1.29 is 22.7 Å². The first-order valence-electron chi connectivity index (χ1n) is 8.94. The Kier molecular flexibility index (Phi) is 6.14. The number of nitrogens with one attached hydrogen (secondary N) is 1. The maximum atomic E-state index is 14.9. The largest absolute Gasteiger partial charge is 0.395 e. The molecule has 1 aromatic heterocycles. The van der Waals surface area contributed by atoms with Crippen molar-refractivity contribution in [3.63, 3.8) is 0 Å². The Labute approximate surface area is 168 Å². The number of nitrogens with zero attached hydrogens (tertiary/aromatic N) is 1. The van der Waals surface area contributed by atoms with E-state index in [0.717, 1.165) is 5.56 Å². The lowest BCUT2D eigenvalue weighted by Gasteiger charge is -2.08. The fourth-order valence-electron chi connectivity index (χ4n) is 2.98. The van der Waals surface area contributed by atoms with Gasteiger partial charge in [-0.05, 0) is 17.7 Å². The van der Waals surface area contributed by atoms with Crippen molar-refractivity contribution in [3.8, 4) is 0 Å². The number of halogens is 1. The quantitative estimate of drug-likeness (QED) is 0.553. The van der Waals surface area contributed by atoms with Crippen LogP contribution in [0.15, 0.2) is 60.8 Å². The van der Waals surface area contributed by atoms with Gasteiger partial charge in [0.05, 0.1) is 23.6 Å². The predicted octanol–water partition coefficient (Wildman–Crippen LogP) is 2.72. The highest BCUT2D eigenvalue weighted by Gasteiger charge is 2.21. The Balaban J connectivity index is 1.79. The van der Waals surface area contributed by atoms with E-state index < -0.39 is 22.4 Å². The number of ketones is 1. The van der Waals surface area contributed by atoms with E-state index in [-0.39, 0.29) is 23.5 Å². The first-order valence-corrected chi connectivity index (χ1v) is 10.6. The average Bonchev–Trinajstić information content (AvgIpc) is 2.97. The SMILES string of the molecule is Cn1cc(C(=O)c2ccccc2)c(F)c1Cc1ccc(NS(=O)(=O)CCO)cc1. The number of rotatable bonds is 8. The van der Waals surface area contributed by atoms with Crippen LogP contribution in [-0.4, -0.2) is 36.2 Å². The molecule has 0 aliphatic heterocycles. The van der Waals surface area contributed by atoms with Crippen LogP contribution in [0.2, 0.25) is 0 Å². The zero-order valence-electron chi connectivity index (χ0n) is 15.8. The minimum Gasteiger partial charge on any atom is -0.395 e. The standard InChI is InChI=1S/C21H21FN2O4S/c1-24-14-18(21(26)16-5-3-2-4-6-16)20(22)19(24)13-15-7-9-17(10-8-15)23-29(27,28)12-11-25/h2-10,14,23,25H,11-13H2,1H3. The van der Waals surface area contributed by atoms with Crippen molar-refractivity contribution in [2.45, 2.75) is 6.42 Å². The molecule has 0 bridgehead atoms. The number of aromatic nitrogens is 1. The molecular weight excluding hydrogens is 395 g/mol. The first-order chi connectivity index (χ1) is 13.8. The summed E-state index contributed by atoms with van der Waals surface area (Å²) in [6.45, 7) is -0.468. The molecule has 3 aromatic rings. The van der Waals surface area contributed by atoms with Crippen LogP contribution >= 0.6 is 0 Å². The number of hydrogen-bond donors (Lipinski definition) is 2. The van der Waals surface area contributed by atoms with Crippen molar-refractivity contribution in [1.82, 2.24) is 4.57 Å². The molecule has 2 N–H and O–H groups in total. The summed E-state index contributed by atoms with van der Waals surface area (Å²) in [4.78, 5) is 12.6. The van der Waals surface area contributed by atoms with Crippen molar-refractivity contribution in [3.05, 3.63) is 89.0 Å². The normalized spacial score (nSPS) is 11.4. The molecule has 0 aliphatic rings. The number of hydrogen-bond acceptors (Lipinski definition) is 4. The molecule has 0 unspecified atom stereocenters. The smallest absolute Gasteiger partial charge is 0.234 e. The van der Waals surface area contributed by atoms with Crippen LogP contribution in [0.4, 0.5) is 10.1 Å². The van der Waals surface area contributed by atoms with Gasteiger partial charge in [0.25, 0.3) is 0 Å². The first kappa shape index (κ1) is 20.8. The Hall–Kier alpha value is -2.97. The topological polar surface area (TPSA) is 88.4 Å². The molecule has 0 spiro atoms. The van der Waals surface area contributed by atoms with Crippen molar-refractivity contribution >= 4 is 21.5 Å². The van der Waals surface area contributed by atoms with E-state index in [0.29, 0.717) is 16.9 Å². The van der Waals surface area contributed by atoms with Crippen LogP contribution in [0, 0.1) is 5.82 Å². The summed E-state index contributed by atoms with van der Waals surface area (Å²) in [6.07, 6.45) is 1.73. The molecule has 0 amide bonds. The summed E-state index contributed by atoms with van der Waals surface area (Å²) >= 11 is 0. The molecule has 2 aromatic carbocycles. The van der Waals surface area contributed by atoms with Crippen LogP contribution in [0.25, 0.3) is 0 Å². The van der Waals surface area contributed by atoms with E-state index in [2.05, 4.69) is 4.72 Å². The van der Waals surface area contributed by atoms with Gasteiger partial charge in [-0.15, -0.1) is 0 Å². The predicted molar refractivity (Wildman–Crippen MR) is 109 cm³/mol. The molecule has 0 atom stereocenters. The monoisotopic (exact) mass is 416 g/mol. The van der Waals surface area contributed by atoms with E-state index in [1.54, 1.807) is 66.2 Å². The second kappa shape index (κ2) is 8.59. The molecule has 8 heteroatoms. The molecule has 1 heterocycles. The maximum absolute atomic E-state index is 14.9. The zero-order chi connectivity index (χ0) is 21.0. The highest BCUT2D eigenvalue weighted by atomic mass is 32.2. The summed E-state index contributed by atoms with van der Waals surface area (Å²) in [6, 6.07) is 15.0. The van der Waals surface area contributed by atoms with Crippen LogP contribution in [0.3, 0.4) is 0 Å². The van der Waals surface area contributed by atoms with E-state index in [1.807, 2.05) is 0 Å². The van der Waals surface area contributed by atoms with Crippen molar-refractivity contribution in [2.24, 2.45) is 7.05 Å². The second-order valence-electron chi connectivity index (χ2n) is 6.63. The van der Waals surface area contributed by atoms with Gasteiger partial charge < -0.3 is 9.67 Å². The van der Waals surface area contributed by atoms with Gasteiger partial charge in [-0.1, -0.05) is 42.5 Å². The van der Waals surface area contributed by atoms with E-state index in [9.17, 15) is 17.6 Å². The Morgan fingerprint density at radius 2 is 1.76 bits per heavy atom. The molecule has 152 valence electrons. The molecule has 0 aliphatic carbocycles. The number of sulfonamides is 1. The molecule has 0 radical (unpaired) electrons. The molecule has 6 nitrogen and oxygen atoms in total. The number of aliphatic hydroxyl groups excluding tert-OH is 1. The number of carbonyl (C=O) groups excluding carboxylic acids is 1. The second-order valence-corrected chi connectivity index (χ2v) is 8.47. The molecular formula is C21H21FN2O4S. The van der Waals surface area contributed by atoms with E-state index >= 15 is 0 Å². The van der Waals surface area contributed by atoms with Crippen LogP contribution in [0.5, 0.6) is 0 Å². The van der Waals surface area contributed by atoms with Crippen molar-refractivity contribution in [1.29, 1.82) is 0 Å². The Morgan fingerprint density at radius 1 is 1.10 bits per heavy atom. The maximum Gasteiger partial charge on any atom is 0.234 e. The molecule has 29 heavy (non-hydrogen) atoms. The molecule has 0 saturated carbocycles. The summed E-state index contributed by atoms with van der Waals surface area (Å²) in [5.41, 5.74) is 1.91. The van der Waals surface area contributed by atoms with Crippen molar-refractivity contribution in [2.75, 3.05) is 17.1 Å². The Bertz CT molecular complexity index is 1110. The van der Waals surface area contributed by atoms with Gasteiger partial charge in [0, 0.05) is 30.9 Å². The third kappa shape index (κ3) is 4.90. The average molecular weight is 416 g/mol. The van der Waals surface area contributed by atoms with Gasteiger partial charge in [0.2, 0.25) is 10.0 Å². The summed E-state index contributed by atoms with van der Waals surface area (Å²) in [7, 11) is -1.93. The molecule has 3 rings (SSSR count). The number of anilines is 1. The number of carbonyl (C=O) groups is 1. The Morgan fingerprint density at radius 3 is 2.38 bits per heavy atom.